The van der Waals surface area contributed by atoms with Gasteiger partial charge in [0.1, 0.15) is 11.8 Å². The van der Waals surface area contributed by atoms with Crippen LogP contribution in [0, 0.1) is 0 Å². The van der Waals surface area contributed by atoms with E-state index >= 15 is 0 Å². The van der Waals surface area contributed by atoms with Gasteiger partial charge < -0.3 is 15.0 Å². The molecule has 3 rings (SSSR count). The summed E-state index contributed by atoms with van der Waals surface area (Å²) in [5, 5.41) is 4.70. The van der Waals surface area contributed by atoms with E-state index in [-0.39, 0.29) is 31.0 Å². The van der Waals surface area contributed by atoms with E-state index in [4.69, 9.17) is 51.1 Å². The molecule has 1 atom stereocenters. The third-order valence-electron chi connectivity index (χ3n) is 5.72. The fourth-order valence-corrected chi connectivity index (χ4v) is 4.94. The van der Waals surface area contributed by atoms with Crippen LogP contribution in [0.5, 0.6) is 5.75 Å². The molecule has 1 unspecified atom stereocenters. The van der Waals surface area contributed by atoms with Crippen molar-refractivity contribution in [3.8, 4) is 5.75 Å². The quantitative estimate of drug-likeness (QED) is 0.399. The number of amides is 2. The van der Waals surface area contributed by atoms with E-state index in [1.807, 2.05) is 6.92 Å². The van der Waals surface area contributed by atoms with E-state index in [2.05, 4.69) is 5.32 Å². The van der Waals surface area contributed by atoms with Crippen molar-refractivity contribution in [2.24, 2.45) is 0 Å². The van der Waals surface area contributed by atoms with Crippen molar-refractivity contribution in [3.05, 3.63) is 62.1 Å². The van der Waals surface area contributed by atoms with Crippen LogP contribution in [0.4, 0.5) is 0 Å². The maximum atomic E-state index is 13.3. The number of benzene rings is 2. The molecule has 2 amide bonds. The highest BCUT2D eigenvalue weighted by Crippen LogP contribution is 2.29. The SMILES string of the molecule is CCC(C(=O)NC1CCCC1)N(Cc1c(Cl)cccc1Cl)C(=O)COc1ccc(Cl)cc1Cl. The molecule has 0 saturated heterocycles. The van der Waals surface area contributed by atoms with E-state index in [1.165, 1.54) is 11.0 Å². The van der Waals surface area contributed by atoms with Gasteiger partial charge in [0.25, 0.3) is 5.91 Å². The number of carbonyl (C=O) groups excluding carboxylic acids is 2. The summed E-state index contributed by atoms with van der Waals surface area (Å²) in [5.41, 5.74) is 0.575. The van der Waals surface area contributed by atoms with Gasteiger partial charge in [-0.3, -0.25) is 9.59 Å². The number of nitrogens with one attached hydrogen (secondary N) is 1. The Morgan fingerprint density at radius 2 is 1.73 bits per heavy atom. The summed E-state index contributed by atoms with van der Waals surface area (Å²) in [5.74, 6) is -0.246. The van der Waals surface area contributed by atoms with Gasteiger partial charge in [-0.05, 0) is 49.6 Å². The van der Waals surface area contributed by atoms with E-state index in [1.54, 1.807) is 30.3 Å². The highest BCUT2D eigenvalue weighted by Gasteiger charge is 2.31. The molecule has 2 aromatic rings. The molecule has 33 heavy (non-hydrogen) atoms. The van der Waals surface area contributed by atoms with Gasteiger partial charge in [-0.25, -0.2) is 0 Å². The first-order valence-electron chi connectivity index (χ1n) is 10.9. The number of hydrogen-bond acceptors (Lipinski definition) is 3. The van der Waals surface area contributed by atoms with E-state index in [0.29, 0.717) is 37.8 Å². The molecule has 9 heteroatoms. The number of ether oxygens (including phenoxy) is 1. The Labute approximate surface area is 214 Å². The zero-order valence-corrected chi connectivity index (χ0v) is 21.3. The first-order chi connectivity index (χ1) is 15.8. The summed E-state index contributed by atoms with van der Waals surface area (Å²) in [6.45, 7) is 1.63. The minimum atomic E-state index is -0.699. The third-order valence-corrected chi connectivity index (χ3v) is 6.96. The minimum Gasteiger partial charge on any atom is -0.482 e. The van der Waals surface area contributed by atoms with Crippen molar-refractivity contribution < 1.29 is 14.3 Å². The fraction of sp³-hybridized carbons (Fsp3) is 0.417. The molecule has 0 aromatic heterocycles. The molecule has 1 aliphatic rings. The van der Waals surface area contributed by atoms with Gasteiger partial charge in [-0.1, -0.05) is 72.2 Å². The van der Waals surface area contributed by atoms with Crippen molar-refractivity contribution in [2.75, 3.05) is 6.61 Å². The van der Waals surface area contributed by atoms with Gasteiger partial charge >= 0.3 is 0 Å². The van der Waals surface area contributed by atoms with Gasteiger partial charge in [-0.2, -0.15) is 0 Å². The van der Waals surface area contributed by atoms with Gasteiger partial charge in [-0.15, -0.1) is 0 Å². The summed E-state index contributed by atoms with van der Waals surface area (Å²) >= 11 is 24.8. The largest absolute Gasteiger partial charge is 0.482 e. The molecule has 0 spiro atoms. The van der Waals surface area contributed by atoms with Crippen LogP contribution in [0.25, 0.3) is 0 Å². The monoisotopic (exact) mass is 530 g/mol. The Hall–Kier alpha value is -1.66. The highest BCUT2D eigenvalue weighted by molar-refractivity contribution is 6.36. The van der Waals surface area contributed by atoms with Crippen LogP contribution in [0.3, 0.4) is 0 Å². The smallest absolute Gasteiger partial charge is 0.261 e. The molecule has 178 valence electrons. The molecule has 1 fully saturated rings. The maximum absolute atomic E-state index is 13.3. The lowest BCUT2D eigenvalue weighted by molar-refractivity contribution is -0.143. The second-order valence-corrected chi connectivity index (χ2v) is 9.66. The maximum Gasteiger partial charge on any atom is 0.261 e. The zero-order valence-electron chi connectivity index (χ0n) is 18.3. The summed E-state index contributed by atoms with van der Waals surface area (Å²) in [7, 11) is 0. The highest BCUT2D eigenvalue weighted by atomic mass is 35.5. The van der Waals surface area contributed by atoms with Gasteiger partial charge in [0.2, 0.25) is 5.91 Å². The number of nitrogens with zero attached hydrogens (tertiary/aromatic N) is 1. The predicted octanol–water partition coefficient (Wildman–Crippen LogP) is 6.55. The van der Waals surface area contributed by atoms with Crippen molar-refractivity contribution in [1.82, 2.24) is 10.2 Å². The molecule has 0 radical (unpaired) electrons. The van der Waals surface area contributed by atoms with Crippen molar-refractivity contribution in [3.63, 3.8) is 0 Å². The summed E-state index contributed by atoms with van der Waals surface area (Å²) in [4.78, 5) is 28.0. The zero-order chi connectivity index (χ0) is 24.0. The van der Waals surface area contributed by atoms with Crippen LogP contribution in [-0.2, 0) is 16.1 Å². The van der Waals surface area contributed by atoms with E-state index in [9.17, 15) is 9.59 Å². The molecule has 1 saturated carbocycles. The van der Waals surface area contributed by atoms with Crippen LogP contribution in [0.1, 0.15) is 44.6 Å². The third kappa shape index (κ3) is 6.92. The fourth-order valence-electron chi connectivity index (χ4n) is 3.96. The first-order valence-corrected chi connectivity index (χ1v) is 12.4. The molecular weight excluding hydrogens is 506 g/mol. The number of rotatable bonds is 9. The number of halogens is 4. The normalized spacial score (nSPS) is 14.7. The molecule has 2 aromatic carbocycles. The average Bonchev–Trinajstić information content (AvgIpc) is 3.27. The molecule has 5 nitrogen and oxygen atoms in total. The van der Waals surface area contributed by atoms with Crippen LogP contribution in [0.2, 0.25) is 20.1 Å². The summed E-state index contributed by atoms with van der Waals surface area (Å²) in [6.07, 6.45) is 4.51. The van der Waals surface area contributed by atoms with Crippen LogP contribution < -0.4 is 10.1 Å². The van der Waals surface area contributed by atoms with Crippen LogP contribution in [-0.4, -0.2) is 35.4 Å². The Kier molecular flexibility index (Phi) is 9.57. The standard InChI is InChI=1S/C24H26Cl4N2O3/c1-2-21(24(32)29-16-6-3-4-7-16)30(13-17-18(26)8-5-9-19(17)27)23(31)14-33-22-11-10-15(25)12-20(22)28/h5,8-12,16,21H,2-4,6-7,13-14H2,1H3,(H,29,32). The van der Waals surface area contributed by atoms with E-state index in [0.717, 1.165) is 25.7 Å². The van der Waals surface area contributed by atoms with Crippen molar-refractivity contribution in [2.45, 2.75) is 57.7 Å². The Balaban J connectivity index is 1.82. The predicted molar refractivity (Wildman–Crippen MR) is 133 cm³/mol. The van der Waals surface area contributed by atoms with Crippen molar-refractivity contribution in [1.29, 1.82) is 0 Å². The number of hydrogen-bond donors (Lipinski definition) is 1. The lowest BCUT2D eigenvalue weighted by Gasteiger charge is -2.32. The molecule has 0 bridgehead atoms. The Morgan fingerprint density at radius 1 is 1.06 bits per heavy atom. The average molecular weight is 532 g/mol. The van der Waals surface area contributed by atoms with Gasteiger partial charge in [0.15, 0.2) is 6.61 Å². The summed E-state index contributed by atoms with van der Waals surface area (Å²) < 4.78 is 5.66. The minimum absolute atomic E-state index is 0.0750. The molecule has 0 heterocycles. The topological polar surface area (TPSA) is 58.6 Å². The summed E-state index contributed by atoms with van der Waals surface area (Å²) in [6, 6.07) is 9.33. The molecule has 0 aliphatic heterocycles. The molecular formula is C24H26Cl4N2O3. The van der Waals surface area contributed by atoms with Crippen molar-refractivity contribution >= 4 is 58.2 Å². The Morgan fingerprint density at radius 3 is 2.33 bits per heavy atom. The molecule has 1 aliphatic carbocycles. The lowest BCUT2D eigenvalue weighted by atomic mass is 10.1. The van der Waals surface area contributed by atoms with Crippen LogP contribution >= 0.6 is 46.4 Å². The molecule has 1 N–H and O–H groups in total. The van der Waals surface area contributed by atoms with Gasteiger partial charge in [0.05, 0.1) is 5.02 Å². The second-order valence-electron chi connectivity index (χ2n) is 8.00. The van der Waals surface area contributed by atoms with E-state index < -0.39 is 6.04 Å². The Bertz CT molecular complexity index is 975. The number of carbonyl (C=O) groups is 2. The second kappa shape index (κ2) is 12.2. The lowest BCUT2D eigenvalue weighted by Crippen LogP contribution is -2.52. The first kappa shape index (κ1) is 26.0. The van der Waals surface area contributed by atoms with Gasteiger partial charge in [0, 0.05) is 33.2 Å². The van der Waals surface area contributed by atoms with Crippen LogP contribution in [0.15, 0.2) is 36.4 Å².